The first kappa shape index (κ1) is 17.9. The monoisotopic (exact) mass is 312 g/mol. The molecule has 1 nitrogen and oxygen atoms in total. The standard InChI is InChI=1S/C17H22F2OS/c1-6-13-7-9-14(10-8-13)12(2)15(11-20-4)16(21-5)17(3,18)19/h7-10H,2,6,11H2,1,3-5H3/b16-15-. The zero-order valence-electron chi connectivity index (χ0n) is 13.0. The van der Waals surface area contributed by atoms with Crippen LogP contribution < -0.4 is 0 Å². The summed E-state index contributed by atoms with van der Waals surface area (Å²) in [7, 11) is 1.50. The van der Waals surface area contributed by atoms with Crippen LogP contribution >= 0.6 is 11.8 Å². The van der Waals surface area contributed by atoms with Gasteiger partial charge in [-0.15, -0.1) is 11.8 Å². The lowest BCUT2D eigenvalue weighted by Crippen LogP contribution is -2.16. The molecule has 0 aliphatic rings. The summed E-state index contributed by atoms with van der Waals surface area (Å²) in [6, 6.07) is 7.83. The maximum absolute atomic E-state index is 13.8. The van der Waals surface area contributed by atoms with Gasteiger partial charge in [0.05, 0.1) is 11.5 Å². The summed E-state index contributed by atoms with van der Waals surface area (Å²) in [5.41, 5.74) is 3.09. The molecule has 0 saturated heterocycles. The minimum absolute atomic E-state index is 0.00826. The topological polar surface area (TPSA) is 9.23 Å². The Morgan fingerprint density at radius 1 is 1.29 bits per heavy atom. The summed E-state index contributed by atoms with van der Waals surface area (Å²) in [6.45, 7) is 7.09. The van der Waals surface area contributed by atoms with Gasteiger partial charge in [0, 0.05) is 19.6 Å². The molecule has 0 amide bonds. The zero-order chi connectivity index (χ0) is 16.0. The number of halogens is 2. The van der Waals surface area contributed by atoms with Crippen LogP contribution in [-0.4, -0.2) is 25.9 Å². The SMILES string of the molecule is C=C(/C(COC)=C(\SC)C(C)(F)F)c1ccc(CC)cc1. The van der Waals surface area contributed by atoms with E-state index in [0.717, 1.165) is 30.7 Å². The fourth-order valence-electron chi connectivity index (χ4n) is 2.12. The number of thioether (sulfide) groups is 1. The molecule has 0 aliphatic heterocycles. The van der Waals surface area contributed by atoms with Gasteiger partial charge < -0.3 is 4.74 Å². The van der Waals surface area contributed by atoms with E-state index in [-0.39, 0.29) is 11.5 Å². The first-order chi connectivity index (χ1) is 9.85. The predicted molar refractivity (Wildman–Crippen MR) is 87.9 cm³/mol. The molecule has 0 saturated carbocycles. The quantitative estimate of drug-likeness (QED) is 0.641. The highest BCUT2D eigenvalue weighted by Gasteiger charge is 2.31. The number of hydrogen-bond acceptors (Lipinski definition) is 2. The van der Waals surface area contributed by atoms with Gasteiger partial charge in [0.25, 0.3) is 5.92 Å². The van der Waals surface area contributed by atoms with Crippen molar-refractivity contribution in [1.29, 1.82) is 0 Å². The molecule has 0 heterocycles. The fourth-order valence-corrected chi connectivity index (χ4v) is 2.90. The molecule has 0 N–H and O–H groups in total. The van der Waals surface area contributed by atoms with E-state index in [9.17, 15) is 8.78 Å². The first-order valence-electron chi connectivity index (χ1n) is 6.78. The Hall–Kier alpha value is -1.13. The molecular formula is C17H22F2OS. The van der Waals surface area contributed by atoms with E-state index in [4.69, 9.17) is 4.74 Å². The van der Waals surface area contributed by atoms with Crippen LogP contribution in [0.4, 0.5) is 8.78 Å². The largest absolute Gasteiger partial charge is 0.380 e. The van der Waals surface area contributed by atoms with Crippen molar-refractivity contribution < 1.29 is 13.5 Å². The van der Waals surface area contributed by atoms with Crippen LogP contribution in [0.5, 0.6) is 0 Å². The van der Waals surface area contributed by atoms with Crippen molar-refractivity contribution in [1.82, 2.24) is 0 Å². The second-order valence-corrected chi connectivity index (χ2v) is 5.68. The molecule has 0 unspecified atom stereocenters. The Bertz CT molecular complexity index is 513. The molecule has 21 heavy (non-hydrogen) atoms. The number of methoxy groups -OCH3 is 1. The van der Waals surface area contributed by atoms with Gasteiger partial charge in [0.15, 0.2) is 0 Å². The van der Waals surface area contributed by atoms with Crippen LogP contribution in [0.2, 0.25) is 0 Å². The van der Waals surface area contributed by atoms with Crippen molar-refractivity contribution in [3.63, 3.8) is 0 Å². The summed E-state index contributed by atoms with van der Waals surface area (Å²) < 4.78 is 32.7. The van der Waals surface area contributed by atoms with Crippen LogP contribution in [0.15, 0.2) is 41.3 Å². The lowest BCUT2D eigenvalue weighted by molar-refractivity contribution is 0.0712. The number of alkyl halides is 2. The van der Waals surface area contributed by atoms with Crippen LogP contribution in [-0.2, 0) is 11.2 Å². The maximum Gasteiger partial charge on any atom is 0.276 e. The molecule has 1 rings (SSSR count). The predicted octanol–water partition coefficient (Wildman–Crippen LogP) is 5.18. The van der Waals surface area contributed by atoms with Crippen molar-refractivity contribution in [3.8, 4) is 0 Å². The summed E-state index contributed by atoms with van der Waals surface area (Å²) in [5.74, 6) is -2.90. The lowest BCUT2D eigenvalue weighted by Gasteiger charge is -2.20. The van der Waals surface area contributed by atoms with Crippen LogP contribution in [0.25, 0.3) is 5.57 Å². The molecule has 0 fully saturated rings. The van der Waals surface area contributed by atoms with E-state index in [1.165, 1.54) is 12.7 Å². The second kappa shape index (κ2) is 7.76. The highest BCUT2D eigenvalue weighted by molar-refractivity contribution is 8.02. The Balaban J connectivity index is 3.26. The van der Waals surface area contributed by atoms with Crippen molar-refractivity contribution in [2.45, 2.75) is 26.2 Å². The van der Waals surface area contributed by atoms with Gasteiger partial charge >= 0.3 is 0 Å². The maximum atomic E-state index is 13.8. The third-order valence-corrected chi connectivity index (χ3v) is 4.25. The number of allylic oxidation sites excluding steroid dienone is 1. The Kier molecular flexibility index (Phi) is 6.62. The van der Waals surface area contributed by atoms with Crippen LogP contribution in [0.1, 0.15) is 25.0 Å². The smallest absolute Gasteiger partial charge is 0.276 e. The van der Waals surface area contributed by atoms with Gasteiger partial charge in [-0.1, -0.05) is 37.8 Å². The Labute approximate surface area is 130 Å². The van der Waals surface area contributed by atoms with Gasteiger partial charge in [0.1, 0.15) is 0 Å². The number of ether oxygens (including phenoxy) is 1. The van der Waals surface area contributed by atoms with Crippen molar-refractivity contribution >= 4 is 17.3 Å². The van der Waals surface area contributed by atoms with Gasteiger partial charge in [-0.25, -0.2) is 8.78 Å². The molecule has 0 radical (unpaired) electrons. The highest BCUT2D eigenvalue weighted by Crippen LogP contribution is 2.38. The minimum Gasteiger partial charge on any atom is -0.380 e. The van der Waals surface area contributed by atoms with Gasteiger partial charge in [-0.3, -0.25) is 0 Å². The third kappa shape index (κ3) is 4.68. The summed E-state index contributed by atoms with van der Waals surface area (Å²) >= 11 is 1.04. The molecule has 0 aromatic heterocycles. The van der Waals surface area contributed by atoms with E-state index in [1.807, 2.05) is 24.3 Å². The summed E-state index contributed by atoms with van der Waals surface area (Å²) in [6.07, 6.45) is 2.59. The van der Waals surface area contributed by atoms with Gasteiger partial charge in [-0.2, -0.15) is 0 Å². The fraction of sp³-hybridized carbons (Fsp3) is 0.412. The highest BCUT2D eigenvalue weighted by atomic mass is 32.2. The molecule has 0 aliphatic carbocycles. The number of rotatable bonds is 7. The van der Waals surface area contributed by atoms with Gasteiger partial charge in [-0.05, 0) is 29.4 Å². The van der Waals surface area contributed by atoms with Gasteiger partial charge in [0.2, 0.25) is 0 Å². The second-order valence-electron chi connectivity index (χ2n) is 4.86. The molecule has 0 bridgehead atoms. The van der Waals surface area contributed by atoms with Crippen LogP contribution in [0, 0.1) is 0 Å². The molecule has 0 atom stereocenters. The first-order valence-corrected chi connectivity index (χ1v) is 8.00. The van der Waals surface area contributed by atoms with E-state index < -0.39 is 5.92 Å². The van der Waals surface area contributed by atoms with E-state index in [0.29, 0.717) is 11.1 Å². The third-order valence-electron chi connectivity index (χ3n) is 3.24. The molecule has 1 aromatic carbocycles. The van der Waals surface area contributed by atoms with E-state index in [2.05, 4.69) is 13.5 Å². The average molecular weight is 312 g/mol. The van der Waals surface area contributed by atoms with Crippen molar-refractivity contribution in [2.75, 3.05) is 20.0 Å². The van der Waals surface area contributed by atoms with Crippen molar-refractivity contribution in [2.24, 2.45) is 0 Å². The molecule has 0 spiro atoms. The number of hydrogen-bond donors (Lipinski definition) is 0. The number of aryl methyl sites for hydroxylation is 1. The lowest BCUT2D eigenvalue weighted by atomic mass is 9.97. The van der Waals surface area contributed by atoms with Crippen LogP contribution in [0.3, 0.4) is 0 Å². The summed E-state index contributed by atoms with van der Waals surface area (Å²) in [4.78, 5) is 0.00826. The normalized spacial score (nSPS) is 13.0. The van der Waals surface area contributed by atoms with Crippen molar-refractivity contribution in [3.05, 3.63) is 52.4 Å². The molecular weight excluding hydrogens is 290 g/mol. The average Bonchev–Trinajstić information content (AvgIpc) is 2.45. The van der Waals surface area contributed by atoms with E-state index in [1.54, 1.807) is 6.26 Å². The Morgan fingerprint density at radius 2 is 1.86 bits per heavy atom. The zero-order valence-corrected chi connectivity index (χ0v) is 13.8. The minimum atomic E-state index is -2.90. The number of benzene rings is 1. The molecule has 116 valence electrons. The molecule has 4 heteroatoms. The molecule has 1 aromatic rings. The summed E-state index contributed by atoms with van der Waals surface area (Å²) in [5, 5.41) is 0. The Morgan fingerprint density at radius 3 is 2.24 bits per heavy atom. The van der Waals surface area contributed by atoms with E-state index >= 15 is 0 Å².